The molecule has 19 heavy (non-hydrogen) atoms. The number of carbonyl (C=O) groups excluding carboxylic acids is 1. The third kappa shape index (κ3) is 3.96. The largest absolute Gasteiger partial charge is 0.409 e. The van der Waals surface area contributed by atoms with Crippen LogP contribution in [-0.2, 0) is 9.53 Å². The average molecular weight is 265 g/mol. The van der Waals surface area contributed by atoms with E-state index in [2.05, 4.69) is 5.16 Å². The molecular weight excluding hydrogens is 246 g/mol. The molecule has 1 aromatic rings. The maximum Gasteiger partial charge on any atom is 0.237 e. The predicted molar refractivity (Wildman–Crippen MR) is 72.1 cm³/mol. The molecule has 0 saturated heterocycles. The monoisotopic (exact) mass is 265 g/mol. The minimum absolute atomic E-state index is 0.125. The van der Waals surface area contributed by atoms with Gasteiger partial charge in [-0.3, -0.25) is 4.79 Å². The van der Waals surface area contributed by atoms with E-state index in [9.17, 15) is 4.79 Å². The first kappa shape index (κ1) is 15.0. The van der Waals surface area contributed by atoms with Crippen molar-refractivity contribution in [2.24, 2.45) is 10.9 Å². The van der Waals surface area contributed by atoms with Gasteiger partial charge in [0.05, 0.1) is 6.61 Å². The van der Waals surface area contributed by atoms with Crippen molar-refractivity contribution in [1.29, 1.82) is 0 Å². The van der Waals surface area contributed by atoms with Gasteiger partial charge in [0.1, 0.15) is 5.92 Å². The number of methoxy groups -OCH3 is 1. The second-order valence-corrected chi connectivity index (χ2v) is 4.12. The first-order valence-corrected chi connectivity index (χ1v) is 5.88. The molecule has 0 aliphatic rings. The van der Waals surface area contributed by atoms with Crippen molar-refractivity contribution in [2.45, 2.75) is 5.92 Å². The number of oxime groups is 1. The number of nitrogens with two attached hydrogens (primary N) is 1. The molecule has 1 aromatic carbocycles. The summed E-state index contributed by atoms with van der Waals surface area (Å²) in [6.45, 7) is 0.872. The Morgan fingerprint density at radius 2 is 2.11 bits per heavy atom. The van der Waals surface area contributed by atoms with Crippen molar-refractivity contribution < 1.29 is 14.7 Å². The molecule has 0 aliphatic heterocycles. The molecule has 6 nitrogen and oxygen atoms in total. The Bertz CT molecular complexity index is 434. The van der Waals surface area contributed by atoms with Crippen molar-refractivity contribution in [1.82, 2.24) is 4.90 Å². The van der Waals surface area contributed by atoms with Crippen LogP contribution in [-0.4, -0.2) is 49.2 Å². The molecule has 1 atom stereocenters. The smallest absolute Gasteiger partial charge is 0.237 e. The Morgan fingerprint density at radius 3 is 2.63 bits per heavy atom. The van der Waals surface area contributed by atoms with E-state index in [1.54, 1.807) is 38.4 Å². The molecule has 1 amide bonds. The molecule has 0 bridgehead atoms. The second kappa shape index (κ2) is 7.38. The zero-order chi connectivity index (χ0) is 14.3. The molecule has 0 spiro atoms. The lowest BCUT2D eigenvalue weighted by atomic mass is 9.96. The molecule has 0 radical (unpaired) electrons. The lowest BCUT2D eigenvalue weighted by Crippen LogP contribution is -2.39. The van der Waals surface area contributed by atoms with Gasteiger partial charge in [-0.2, -0.15) is 0 Å². The Kier molecular flexibility index (Phi) is 5.81. The van der Waals surface area contributed by atoms with Crippen molar-refractivity contribution >= 4 is 11.7 Å². The van der Waals surface area contributed by atoms with E-state index >= 15 is 0 Å². The summed E-state index contributed by atoms with van der Waals surface area (Å²) in [5.74, 6) is -1.15. The minimum atomic E-state index is -0.784. The van der Waals surface area contributed by atoms with Gasteiger partial charge in [0, 0.05) is 20.7 Å². The number of hydrogen-bond donors (Lipinski definition) is 2. The Labute approximate surface area is 112 Å². The highest BCUT2D eigenvalue weighted by Gasteiger charge is 2.27. The summed E-state index contributed by atoms with van der Waals surface area (Å²) in [5, 5.41) is 11.8. The number of ether oxygens (including phenoxy) is 1. The standard InChI is InChI=1S/C13H19N3O3/c1-16(8-9-19-2)13(17)11(12(14)15-18)10-6-4-3-5-7-10/h3-7,11,18H,8-9H2,1-2H3,(H2,14,15). The Balaban J connectivity index is 2.96. The first-order valence-electron chi connectivity index (χ1n) is 5.88. The maximum absolute atomic E-state index is 12.3. The molecule has 0 fully saturated rings. The van der Waals surface area contributed by atoms with E-state index in [1.807, 2.05) is 6.07 Å². The molecule has 1 unspecified atom stereocenters. The van der Waals surface area contributed by atoms with Crippen LogP contribution in [0.15, 0.2) is 35.5 Å². The van der Waals surface area contributed by atoms with Crippen molar-refractivity contribution in [3.8, 4) is 0 Å². The molecule has 104 valence electrons. The lowest BCUT2D eigenvalue weighted by molar-refractivity contribution is -0.130. The first-order chi connectivity index (χ1) is 9.11. The van der Waals surface area contributed by atoms with Gasteiger partial charge >= 0.3 is 0 Å². The van der Waals surface area contributed by atoms with E-state index in [4.69, 9.17) is 15.7 Å². The zero-order valence-corrected chi connectivity index (χ0v) is 11.1. The van der Waals surface area contributed by atoms with Crippen LogP contribution >= 0.6 is 0 Å². The summed E-state index contributed by atoms with van der Waals surface area (Å²) in [7, 11) is 3.22. The van der Waals surface area contributed by atoms with Gasteiger partial charge in [0.25, 0.3) is 0 Å². The van der Waals surface area contributed by atoms with Gasteiger partial charge in [-0.05, 0) is 5.56 Å². The number of amides is 1. The molecule has 0 aliphatic carbocycles. The van der Waals surface area contributed by atoms with E-state index in [1.165, 1.54) is 4.90 Å². The molecular formula is C13H19N3O3. The van der Waals surface area contributed by atoms with Gasteiger partial charge in [0.15, 0.2) is 5.84 Å². The summed E-state index contributed by atoms with van der Waals surface area (Å²) in [6, 6.07) is 8.98. The maximum atomic E-state index is 12.3. The van der Waals surface area contributed by atoms with E-state index in [0.29, 0.717) is 18.7 Å². The van der Waals surface area contributed by atoms with Crippen LogP contribution in [0.2, 0.25) is 0 Å². The van der Waals surface area contributed by atoms with Crippen molar-refractivity contribution in [3.05, 3.63) is 35.9 Å². The number of hydrogen-bond acceptors (Lipinski definition) is 4. The molecule has 3 N–H and O–H groups in total. The summed E-state index contributed by atoms with van der Waals surface area (Å²) in [4.78, 5) is 13.8. The highest BCUT2D eigenvalue weighted by Crippen LogP contribution is 2.18. The number of likely N-dealkylation sites (N-methyl/N-ethyl adjacent to an activating group) is 1. The molecule has 0 heterocycles. The molecule has 0 saturated carbocycles. The number of benzene rings is 1. The highest BCUT2D eigenvalue weighted by molar-refractivity contribution is 6.07. The van der Waals surface area contributed by atoms with Gasteiger partial charge in [-0.25, -0.2) is 0 Å². The quantitative estimate of drug-likeness (QED) is 0.341. The molecule has 6 heteroatoms. The fraction of sp³-hybridized carbons (Fsp3) is 0.385. The third-order valence-electron chi connectivity index (χ3n) is 2.80. The van der Waals surface area contributed by atoms with Crippen LogP contribution in [0.4, 0.5) is 0 Å². The van der Waals surface area contributed by atoms with Gasteiger partial charge in [-0.1, -0.05) is 35.5 Å². The van der Waals surface area contributed by atoms with Crippen LogP contribution in [0.25, 0.3) is 0 Å². The normalized spacial score (nSPS) is 13.1. The summed E-state index contributed by atoms with van der Waals surface area (Å²) < 4.78 is 4.93. The van der Waals surface area contributed by atoms with Crippen LogP contribution in [0.5, 0.6) is 0 Å². The number of rotatable bonds is 6. The number of nitrogens with zero attached hydrogens (tertiary/aromatic N) is 2. The molecule has 1 rings (SSSR count). The minimum Gasteiger partial charge on any atom is -0.409 e. The van der Waals surface area contributed by atoms with Crippen LogP contribution in [0.1, 0.15) is 11.5 Å². The highest BCUT2D eigenvalue weighted by atomic mass is 16.5. The topological polar surface area (TPSA) is 88.2 Å². The summed E-state index contributed by atoms with van der Waals surface area (Å²) >= 11 is 0. The summed E-state index contributed by atoms with van der Waals surface area (Å²) in [5.41, 5.74) is 6.32. The SMILES string of the molecule is COCCN(C)C(=O)C(C(N)=NO)c1ccccc1. The summed E-state index contributed by atoms with van der Waals surface area (Å²) in [6.07, 6.45) is 0. The lowest BCUT2D eigenvalue weighted by Gasteiger charge is -2.23. The van der Waals surface area contributed by atoms with Crippen molar-refractivity contribution in [3.63, 3.8) is 0 Å². The van der Waals surface area contributed by atoms with E-state index in [-0.39, 0.29) is 11.7 Å². The van der Waals surface area contributed by atoms with E-state index in [0.717, 1.165) is 0 Å². The molecule has 0 aromatic heterocycles. The third-order valence-corrected chi connectivity index (χ3v) is 2.80. The fourth-order valence-electron chi connectivity index (χ4n) is 1.70. The van der Waals surface area contributed by atoms with Gasteiger partial charge in [0.2, 0.25) is 5.91 Å². The van der Waals surface area contributed by atoms with Crippen molar-refractivity contribution in [2.75, 3.05) is 27.3 Å². The van der Waals surface area contributed by atoms with Crippen LogP contribution in [0.3, 0.4) is 0 Å². The fourth-order valence-corrected chi connectivity index (χ4v) is 1.70. The number of carbonyl (C=O) groups is 1. The Hall–Kier alpha value is -2.08. The zero-order valence-electron chi connectivity index (χ0n) is 11.1. The Morgan fingerprint density at radius 1 is 1.47 bits per heavy atom. The van der Waals surface area contributed by atoms with Gasteiger partial charge < -0.3 is 20.6 Å². The van der Waals surface area contributed by atoms with Crippen LogP contribution in [0, 0.1) is 0 Å². The predicted octanol–water partition coefficient (Wildman–Crippen LogP) is 0.621. The second-order valence-electron chi connectivity index (χ2n) is 4.12. The van der Waals surface area contributed by atoms with E-state index < -0.39 is 5.92 Å². The van der Waals surface area contributed by atoms with Crippen LogP contribution < -0.4 is 5.73 Å². The van der Waals surface area contributed by atoms with Gasteiger partial charge in [-0.15, -0.1) is 0 Å². The number of amidine groups is 1. The average Bonchev–Trinajstić information content (AvgIpc) is 2.45.